The van der Waals surface area contributed by atoms with Crippen LogP contribution in [0.15, 0.2) is 48.5 Å². The fourth-order valence-corrected chi connectivity index (χ4v) is 3.33. The summed E-state index contributed by atoms with van der Waals surface area (Å²) in [6.45, 7) is 2.51. The molecule has 0 spiro atoms. The molecule has 1 aliphatic rings. The third-order valence-electron chi connectivity index (χ3n) is 4.79. The van der Waals surface area contributed by atoms with Gasteiger partial charge >= 0.3 is 6.36 Å². The highest BCUT2D eigenvalue weighted by Gasteiger charge is 2.32. The van der Waals surface area contributed by atoms with Crippen LogP contribution in [-0.4, -0.2) is 41.2 Å². The number of aryl methyl sites for hydroxylation is 1. The van der Waals surface area contributed by atoms with Gasteiger partial charge in [0, 0.05) is 30.4 Å². The van der Waals surface area contributed by atoms with E-state index in [0.717, 1.165) is 5.69 Å². The average molecular weight is 433 g/mol. The van der Waals surface area contributed by atoms with Crippen molar-refractivity contribution in [2.75, 3.05) is 18.4 Å². The fraction of sp³-hybridized carbons (Fsp3) is 0.318. The number of carbonyl (C=O) groups is 2. The first kappa shape index (κ1) is 22.3. The summed E-state index contributed by atoms with van der Waals surface area (Å²) in [6, 6.07) is 10.9. The smallest absolute Gasteiger partial charge is 0.405 e. The summed E-state index contributed by atoms with van der Waals surface area (Å²) in [5, 5.41) is 2.77. The molecule has 0 radical (unpaired) electrons. The summed E-state index contributed by atoms with van der Waals surface area (Å²) in [5.41, 5.74) is 0.906. The summed E-state index contributed by atoms with van der Waals surface area (Å²) in [6.07, 6.45) is -1.07. The number of hydrogen-bond donors (Lipinski definition) is 1. The average Bonchev–Trinajstić information content (AvgIpc) is 2.72. The number of halogens is 3. The summed E-state index contributed by atoms with van der Waals surface area (Å²) in [5.74, 6) is -0.930. The van der Waals surface area contributed by atoms with E-state index in [2.05, 4.69) is 15.0 Å². The van der Waals surface area contributed by atoms with Crippen LogP contribution in [0, 0.1) is 12.8 Å². The molecule has 1 atom stereocenters. The Bertz CT molecular complexity index is 976. The maximum Gasteiger partial charge on any atom is 0.573 e. The lowest BCUT2D eigenvalue weighted by molar-refractivity contribution is -0.274. The Morgan fingerprint density at radius 3 is 2.71 bits per heavy atom. The molecule has 0 bridgehead atoms. The highest BCUT2D eigenvalue weighted by atomic mass is 19.4. The second-order valence-electron chi connectivity index (χ2n) is 7.20. The van der Waals surface area contributed by atoms with Gasteiger partial charge in [-0.3, -0.25) is 9.59 Å². The minimum atomic E-state index is -4.83. The molecule has 0 aliphatic carbocycles. The largest absolute Gasteiger partial charge is 0.573 e. The van der Waals surface area contributed by atoms with Gasteiger partial charge in [-0.05, 0) is 44.0 Å². The van der Waals surface area contributed by atoms with Crippen LogP contribution in [0.25, 0.3) is 6.08 Å². The Morgan fingerprint density at radius 1 is 1.19 bits per heavy atom. The van der Waals surface area contributed by atoms with E-state index in [1.54, 1.807) is 18.2 Å². The predicted octanol–water partition coefficient (Wildman–Crippen LogP) is 4.18. The third-order valence-corrected chi connectivity index (χ3v) is 4.79. The number of para-hydroxylation sites is 1. The van der Waals surface area contributed by atoms with Crippen molar-refractivity contribution >= 4 is 23.7 Å². The van der Waals surface area contributed by atoms with Gasteiger partial charge in [-0.25, -0.2) is 4.98 Å². The minimum Gasteiger partial charge on any atom is -0.405 e. The molecule has 0 saturated carbocycles. The van der Waals surface area contributed by atoms with Crippen LogP contribution in [0.2, 0.25) is 0 Å². The van der Waals surface area contributed by atoms with E-state index >= 15 is 0 Å². The molecule has 1 N–H and O–H groups in total. The molecule has 164 valence electrons. The highest BCUT2D eigenvalue weighted by Crippen LogP contribution is 2.27. The van der Waals surface area contributed by atoms with Gasteiger partial charge in [0.05, 0.1) is 5.92 Å². The van der Waals surface area contributed by atoms with Gasteiger partial charge in [0.1, 0.15) is 11.6 Å². The molecule has 1 aromatic carbocycles. The lowest BCUT2D eigenvalue weighted by Crippen LogP contribution is -2.43. The Kier molecular flexibility index (Phi) is 6.94. The van der Waals surface area contributed by atoms with Gasteiger partial charge in [-0.15, -0.1) is 13.2 Å². The van der Waals surface area contributed by atoms with Gasteiger partial charge in [0.25, 0.3) is 0 Å². The Morgan fingerprint density at radius 2 is 1.97 bits per heavy atom. The lowest BCUT2D eigenvalue weighted by atomic mass is 9.97. The number of ether oxygens (including phenoxy) is 1. The molecule has 6 nitrogen and oxygen atoms in total. The van der Waals surface area contributed by atoms with Crippen LogP contribution >= 0.6 is 0 Å². The number of rotatable bonds is 5. The van der Waals surface area contributed by atoms with Gasteiger partial charge in [0.15, 0.2) is 0 Å². The molecule has 1 aliphatic heterocycles. The Balaban J connectivity index is 1.63. The molecule has 3 rings (SSSR count). The fourth-order valence-electron chi connectivity index (χ4n) is 3.33. The van der Waals surface area contributed by atoms with Crippen LogP contribution in [0.1, 0.15) is 24.1 Å². The van der Waals surface area contributed by atoms with Crippen molar-refractivity contribution in [1.29, 1.82) is 0 Å². The number of pyridine rings is 1. The zero-order valence-corrected chi connectivity index (χ0v) is 16.9. The maximum absolute atomic E-state index is 12.6. The molecule has 2 aromatic rings. The summed E-state index contributed by atoms with van der Waals surface area (Å²) >= 11 is 0. The Hall–Kier alpha value is -3.36. The van der Waals surface area contributed by atoms with Crippen LogP contribution in [0.4, 0.5) is 19.0 Å². The molecule has 1 fully saturated rings. The van der Waals surface area contributed by atoms with E-state index in [1.807, 2.05) is 13.0 Å². The van der Waals surface area contributed by atoms with Crippen LogP contribution in [0.5, 0.6) is 5.75 Å². The van der Waals surface area contributed by atoms with Crippen molar-refractivity contribution in [2.24, 2.45) is 5.92 Å². The molecule has 1 saturated heterocycles. The number of nitrogens with zero attached hydrogens (tertiary/aromatic N) is 2. The van der Waals surface area contributed by atoms with E-state index in [0.29, 0.717) is 25.2 Å². The van der Waals surface area contributed by atoms with Crippen molar-refractivity contribution in [2.45, 2.75) is 26.1 Å². The summed E-state index contributed by atoms with van der Waals surface area (Å²) in [7, 11) is 0. The molecule has 9 heteroatoms. The van der Waals surface area contributed by atoms with Gasteiger partial charge < -0.3 is 15.0 Å². The van der Waals surface area contributed by atoms with E-state index < -0.39 is 12.3 Å². The van der Waals surface area contributed by atoms with Gasteiger partial charge in [0.2, 0.25) is 11.8 Å². The number of carbonyl (C=O) groups excluding carboxylic acids is 2. The third kappa shape index (κ3) is 6.56. The van der Waals surface area contributed by atoms with E-state index in [-0.39, 0.29) is 29.7 Å². The standard InChI is InChI=1S/C22H22F3N3O3/c1-15-6-4-10-19(26-15)27-21(30)17-8-5-13-28(14-17)20(29)12-11-16-7-2-3-9-18(16)31-22(23,24)25/h2-4,6-7,9-12,17H,5,8,13-14H2,1H3,(H,26,27,30)/b12-11+. The zero-order chi connectivity index (χ0) is 22.4. The number of hydrogen-bond acceptors (Lipinski definition) is 4. The number of alkyl halides is 3. The lowest BCUT2D eigenvalue weighted by Gasteiger charge is -2.31. The van der Waals surface area contributed by atoms with Gasteiger partial charge in [-0.2, -0.15) is 0 Å². The maximum atomic E-state index is 12.6. The normalized spacial score (nSPS) is 16.9. The van der Waals surface area contributed by atoms with Crippen molar-refractivity contribution in [3.63, 3.8) is 0 Å². The highest BCUT2D eigenvalue weighted by molar-refractivity contribution is 5.94. The topological polar surface area (TPSA) is 71.5 Å². The second kappa shape index (κ2) is 9.63. The van der Waals surface area contributed by atoms with Crippen molar-refractivity contribution in [1.82, 2.24) is 9.88 Å². The molecule has 2 amide bonds. The van der Waals surface area contributed by atoms with Crippen molar-refractivity contribution in [3.8, 4) is 5.75 Å². The number of anilines is 1. The van der Waals surface area contributed by atoms with Gasteiger partial charge in [-0.1, -0.05) is 24.3 Å². The van der Waals surface area contributed by atoms with Crippen LogP contribution in [-0.2, 0) is 9.59 Å². The quantitative estimate of drug-likeness (QED) is 0.719. The summed E-state index contributed by atoms with van der Waals surface area (Å²) < 4.78 is 41.6. The first-order valence-electron chi connectivity index (χ1n) is 9.77. The monoisotopic (exact) mass is 433 g/mol. The number of benzene rings is 1. The molecular formula is C22H22F3N3O3. The number of amides is 2. The van der Waals surface area contributed by atoms with Crippen LogP contribution in [0.3, 0.4) is 0 Å². The number of aromatic nitrogens is 1. The Labute approximate surface area is 177 Å². The molecular weight excluding hydrogens is 411 g/mol. The zero-order valence-electron chi connectivity index (χ0n) is 16.9. The second-order valence-corrected chi connectivity index (χ2v) is 7.20. The first-order chi connectivity index (χ1) is 14.7. The number of piperidine rings is 1. The van der Waals surface area contributed by atoms with E-state index in [4.69, 9.17) is 0 Å². The molecule has 2 heterocycles. The van der Waals surface area contributed by atoms with Crippen molar-refractivity contribution in [3.05, 3.63) is 59.8 Å². The number of likely N-dealkylation sites (tertiary alicyclic amines) is 1. The predicted molar refractivity (Wildman–Crippen MR) is 109 cm³/mol. The number of nitrogens with one attached hydrogen (secondary N) is 1. The minimum absolute atomic E-state index is 0.130. The molecule has 31 heavy (non-hydrogen) atoms. The van der Waals surface area contributed by atoms with Crippen molar-refractivity contribution < 1.29 is 27.5 Å². The first-order valence-corrected chi connectivity index (χ1v) is 9.77. The molecule has 1 unspecified atom stereocenters. The summed E-state index contributed by atoms with van der Waals surface area (Å²) in [4.78, 5) is 30.9. The van der Waals surface area contributed by atoms with E-state index in [1.165, 1.54) is 35.3 Å². The van der Waals surface area contributed by atoms with E-state index in [9.17, 15) is 22.8 Å². The molecule has 1 aromatic heterocycles. The van der Waals surface area contributed by atoms with Crippen LogP contribution < -0.4 is 10.1 Å². The SMILES string of the molecule is Cc1cccc(NC(=O)C2CCCN(C(=O)/C=C/c3ccccc3OC(F)(F)F)C2)n1.